The molecule has 1 aromatic heterocycles. The van der Waals surface area contributed by atoms with Gasteiger partial charge >= 0.3 is 0 Å². The number of aromatic nitrogens is 1. The van der Waals surface area contributed by atoms with E-state index in [4.69, 9.17) is 0 Å². The monoisotopic (exact) mass is 349 g/mol. The van der Waals surface area contributed by atoms with E-state index in [9.17, 15) is 14.9 Å². The molecule has 0 aromatic carbocycles. The van der Waals surface area contributed by atoms with E-state index in [-0.39, 0.29) is 29.2 Å². The van der Waals surface area contributed by atoms with Gasteiger partial charge in [-0.05, 0) is 39.7 Å². The van der Waals surface area contributed by atoms with Gasteiger partial charge in [0.25, 0.3) is 5.69 Å². The summed E-state index contributed by atoms with van der Waals surface area (Å²) < 4.78 is 0. The lowest BCUT2D eigenvalue weighted by Crippen LogP contribution is -2.51. The van der Waals surface area contributed by atoms with E-state index in [0.29, 0.717) is 5.82 Å². The molecule has 0 radical (unpaired) electrons. The van der Waals surface area contributed by atoms with Crippen molar-refractivity contribution in [2.75, 3.05) is 18.4 Å². The molecule has 1 aliphatic heterocycles. The molecule has 1 saturated heterocycles. The van der Waals surface area contributed by atoms with Crippen molar-refractivity contribution in [3.8, 4) is 0 Å². The highest BCUT2D eigenvalue weighted by Crippen LogP contribution is 2.19. The molecule has 1 fully saturated rings. The minimum absolute atomic E-state index is 0.0255. The van der Waals surface area contributed by atoms with Crippen LogP contribution in [0.4, 0.5) is 11.5 Å². The van der Waals surface area contributed by atoms with Gasteiger partial charge in [-0.1, -0.05) is 6.92 Å². The molecule has 1 aliphatic rings. The number of nitrogens with one attached hydrogen (secondary N) is 2. The molecule has 0 spiro atoms. The molecule has 2 N–H and O–H groups in total. The van der Waals surface area contributed by atoms with E-state index in [1.165, 1.54) is 12.3 Å². The van der Waals surface area contributed by atoms with Crippen LogP contribution in [0.25, 0.3) is 0 Å². The Hall–Kier alpha value is -2.22. The lowest BCUT2D eigenvalue weighted by Gasteiger charge is -2.30. The number of carbonyl (C=O) groups excluding carboxylic acids is 1. The van der Waals surface area contributed by atoms with Crippen molar-refractivity contribution in [3.05, 3.63) is 28.4 Å². The second kappa shape index (κ2) is 7.77. The number of nitrogens with zero attached hydrogens (tertiary/aromatic N) is 3. The van der Waals surface area contributed by atoms with Crippen molar-refractivity contribution >= 4 is 17.4 Å². The molecule has 0 bridgehead atoms. The molecular formula is C17H27N5O3. The highest BCUT2D eigenvalue weighted by Gasteiger charge is 2.31. The van der Waals surface area contributed by atoms with Gasteiger partial charge < -0.3 is 10.6 Å². The molecule has 0 aliphatic carbocycles. The predicted molar refractivity (Wildman–Crippen MR) is 96.5 cm³/mol. The van der Waals surface area contributed by atoms with E-state index < -0.39 is 4.92 Å². The van der Waals surface area contributed by atoms with Crippen LogP contribution in [0.3, 0.4) is 0 Å². The molecule has 2 atom stereocenters. The molecule has 2 rings (SSSR count). The molecule has 1 amide bonds. The number of pyridine rings is 1. The summed E-state index contributed by atoms with van der Waals surface area (Å²) in [6, 6.07) is 3.02. The summed E-state index contributed by atoms with van der Waals surface area (Å²) in [4.78, 5) is 28.8. The Morgan fingerprint density at radius 2 is 2.24 bits per heavy atom. The first-order valence-electron chi connectivity index (χ1n) is 8.65. The van der Waals surface area contributed by atoms with Crippen LogP contribution in [0, 0.1) is 10.1 Å². The zero-order valence-electron chi connectivity index (χ0n) is 15.3. The largest absolute Gasteiger partial charge is 0.366 e. The molecule has 1 aromatic rings. The summed E-state index contributed by atoms with van der Waals surface area (Å²) in [7, 11) is 0. The van der Waals surface area contributed by atoms with Crippen LogP contribution < -0.4 is 10.6 Å². The Bertz CT molecular complexity index is 617. The number of amides is 1. The summed E-state index contributed by atoms with van der Waals surface area (Å²) in [6.45, 7) is 9.58. The lowest BCUT2D eigenvalue weighted by atomic mass is 10.0. The summed E-state index contributed by atoms with van der Waals surface area (Å²) >= 11 is 0. The van der Waals surface area contributed by atoms with Crippen molar-refractivity contribution in [2.45, 2.75) is 58.2 Å². The normalized spacial score (nSPS) is 19.4. The van der Waals surface area contributed by atoms with E-state index in [0.717, 1.165) is 25.9 Å². The number of hydrogen-bond donors (Lipinski definition) is 2. The Morgan fingerprint density at radius 3 is 2.80 bits per heavy atom. The van der Waals surface area contributed by atoms with Crippen molar-refractivity contribution in [1.29, 1.82) is 0 Å². The van der Waals surface area contributed by atoms with Gasteiger partial charge in [0.15, 0.2) is 0 Å². The predicted octanol–water partition coefficient (Wildman–Crippen LogP) is 2.17. The third kappa shape index (κ3) is 5.12. The Labute approximate surface area is 148 Å². The maximum absolute atomic E-state index is 12.4. The molecular weight excluding hydrogens is 322 g/mol. The third-order valence-corrected chi connectivity index (χ3v) is 4.80. The number of hydrogen-bond acceptors (Lipinski definition) is 6. The summed E-state index contributed by atoms with van der Waals surface area (Å²) in [5.41, 5.74) is -0.229. The van der Waals surface area contributed by atoms with Crippen LogP contribution in [0.2, 0.25) is 0 Å². The van der Waals surface area contributed by atoms with Crippen LogP contribution in [0.5, 0.6) is 0 Å². The average molecular weight is 349 g/mol. The fourth-order valence-electron chi connectivity index (χ4n) is 2.74. The third-order valence-electron chi connectivity index (χ3n) is 4.80. The van der Waals surface area contributed by atoms with Crippen molar-refractivity contribution in [1.82, 2.24) is 15.2 Å². The summed E-state index contributed by atoms with van der Waals surface area (Å²) in [5, 5.41) is 17.0. The highest BCUT2D eigenvalue weighted by molar-refractivity contribution is 5.82. The molecule has 2 unspecified atom stereocenters. The summed E-state index contributed by atoms with van der Waals surface area (Å²) in [5.74, 6) is 0.655. The zero-order valence-corrected chi connectivity index (χ0v) is 15.3. The fraction of sp³-hybridized carbons (Fsp3) is 0.647. The first-order chi connectivity index (χ1) is 11.7. The first-order valence-corrected chi connectivity index (χ1v) is 8.65. The van der Waals surface area contributed by atoms with Gasteiger partial charge in [0, 0.05) is 30.7 Å². The number of anilines is 1. The zero-order chi connectivity index (χ0) is 18.6. The molecule has 25 heavy (non-hydrogen) atoms. The maximum atomic E-state index is 12.4. The van der Waals surface area contributed by atoms with Gasteiger partial charge in [-0.25, -0.2) is 4.98 Å². The van der Waals surface area contributed by atoms with E-state index in [1.807, 2.05) is 20.8 Å². The first kappa shape index (κ1) is 19.1. The Morgan fingerprint density at radius 1 is 1.52 bits per heavy atom. The van der Waals surface area contributed by atoms with Gasteiger partial charge in [-0.15, -0.1) is 0 Å². The van der Waals surface area contributed by atoms with Crippen LogP contribution in [-0.4, -0.2) is 51.4 Å². The quantitative estimate of drug-likeness (QED) is 0.578. The summed E-state index contributed by atoms with van der Waals surface area (Å²) in [6.07, 6.45) is 3.02. The Kier molecular flexibility index (Phi) is 5.94. The number of rotatable bonds is 7. The molecule has 0 saturated carbocycles. The van der Waals surface area contributed by atoms with E-state index in [2.05, 4.69) is 27.4 Å². The molecule has 8 nitrogen and oxygen atoms in total. The van der Waals surface area contributed by atoms with Gasteiger partial charge in [-0.3, -0.25) is 19.8 Å². The van der Waals surface area contributed by atoms with Crippen molar-refractivity contribution in [3.63, 3.8) is 0 Å². The van der Waals surface area contributed by atoms with Crippen LogP contribution in [0.15, 0.2) is 18.3 Å². The fourth-order valence-corrected chi connectivity index (χ4v) is 2.74. The number of likely N-dealkylation sites (tertiary alicyclic amines) is 1. The second-order valence-corrected chi connectivity index (χ2v) is 7.19. The molecule has 2 heterocycles. The van der Waals surface area contributed by atoms with Gasteiger partial charge in [0.2, 0.25) is 5.91 Å². The van der Waals surface area contributed by atoms with E-state index in [1.54, 1.807) is 6.07 Å². The minimum Gasteiger partial charge on any atom is -0.366 e. The van der Waals surface area contributed by atoms with Crippen molar-refractivity contribution in [2.24, 2.45) is 0 Å². The molecule has 138 valence electrons. The smallest absolute Gasteiger partial charge is 0.287 e. The maximum Gasteiger partial charge on any atom is 0.287 e. The lowest BCUT2D eigenvalue weighted by molar-refractivity contribution is -0.385. The SMILES string of the molecule is CCC(C)(C)NC(=O)C(C)N1CCC(Nc2ccc([N+](=O)[O-])cn2)C1. The van der Waals surface area contributed by atoms with E-state index >= 15 is 0 Å². The second-order valence-electron chi connectivity index (χ2n) is 7.19. The topological polar surface area (TPSA) is 100 Å². The number of carbonyl (C=O) groups is 1. The Balaban J connectivity index is 1.88. The van der Waals surface area contributed by atoms with Gasteiger partial charge in [0.05, 0.1) is 11.0 Å². The highest BCUT2D eigenvalue weighted by atomic mass is 16.6. The van der Waals surface area contributed by atoms with Crippen LogP contribution in [-0.2, 0) is 4.79 Å². The van der Waals surface area contributed by atoms with Gasteiger partial charge in [0.1, 0.15) is 12.0 Å². The number of nitro groups is 1. The van der Waals surface area contributed by atoms with Crippen LogP contribution in [0.1, 0.15) is 40.5 Å². The van der Waals surface area contributed by atoms with Gasteiger partial charge in [-0.2, -0.15) is 0 Å². The standard InChI is InChI=1S/C17H27N5O3/c1-5-17(3,4)20-16(23)12(2)21-9-8-13(11-21)19-15-7-6-14(10-18-15)22(24)25/h6-7,10,12-13H,5,8-9,11H2,1-4H3,(H,18,19)(H,20,23). The molecule has 8 heteroatoms. The minimum atomic E-state index is -0.466. The van der Waals surface area contributed by atoms with Crippen LogP contribution >= 0.6 is 0 Å². The average Bonchev–Trinajstić information content (AvgIpc) is 3.02. The van der Waals surface area contributed by atoms with Crippen molar-refractivity contribution < 1.29 is 9.72 Å².